The molecule has 0 unspecified atom stereocenters. The summed E-state index contributed by atoms with van der Waals surface area (Å²) in [6.45, 7) is 6.85. The molecule has 0 aliphatic heterocycles. The Morgan fingerprint density at radius 3 is 2.58 bits per heavy atom. The Hall–Kier alpha value is -0.610. The summed E-state index contributed by atoms with van der Waals surface area (Å²) in [5.41, 5.74) is 0. The zero-order valence-corrected chi connectivity index (χ0v) is 12.9. The summed E-state index contributed by atoms with van der Waals surface area (Å²) >= 11 is 0. The van der Waals surface area contributed by atoms with Crippen LogP contribution in [0.4, 0.5) is 0 Å². The van der Waals surface area contributed by atoms with Crippen molar-refractivity contribution in [1.82, 2.24) is 15.5 Å². The van der Waals surface area contributed by atoms with Gasteiger partial charge in [0.1, 0.15) is 0 Å². The molecule has 0 atom stereocenters. The van der Waals surface area contributed by atoms with E-state index in [0.717, 1.165) is 32.4 Å². The van der Waals surface area contributed by atoms with Crippen molar-refractivity contribution in [3.63, 3.8) is 0 Å². The molecule has 1 aliphatic carbocycles. The van der Waals surface area contributed by atoms with Gasteiger partial charge in [-0.15, -0.1) is 0 Å². The molecule has 2 N–H and O–H groups in total. The van der Waals surface area contributed by atoms with Crippen LogP contribution in [-0.4, -0.2) is 49.6 Å². The topological polar surface area (TPSA) is 44.4 Å². The van der Waals surface area contributed by atoms with Gasteiger partial charge in [-0.3, -0.25) is 4.79 Å². The van der Waals surface area contributed by atoms with Gasteiger partial charge in [-0.25, -0.2) is 0 Å². The third-order valence-corrected chi connectivity index (χ3v) is 4.00. The zero-order valence-electron chi connectivity index (χ0n) is 12.9. The minimum absolute atomic E-state index is 0.157. The number of rotatable bonds is 8. The molecule has 0 bridgehead atoms. The van der Waals surface area contributed by atoms with Crippen LogP contribution in [0.2, 0.25) is 0 Å². The summed E-state index contributed by atoms with van der Waals surface area (Å²) in [5, 5.41) is 6.36. The summed E-state index contributed by atoms with van der Waals surface area (Å²) in [7, 11) is 2.14. The highest BCUT2D eigenvalue weighted by Crippen LogP contribution is 2.16. The van der Waals surface area contributed by atoms with Gasteiger partial charge in [0.2, 0.25) is 5.91 Å². The van der Waals surface area contributed by atoms with Crippen LogP contribution in [0, 0.1) is 0 Å². The molecule has 1 amide bonds. The molecule has 4 nitrogen and oxygen atoms in total. The molecule has 0 aromatic heterocycles. The lowest BCUT2D eigenvalue weighted by molar-refractivity contribution is -0.121. The molecule has 19 heavy (non-hydrogen) atoms. The number of carbonyl (C=O) groups is 1. The minimum Gasteiger partial charge on any atom is -0.352 e. The molecule has 0 spiro atoms. The van der Waals surface area contributed by atoms with E-state index in [1.165, 1.54) is 19.3 Å². The molecule has 0 radical (unpaired) electrons. The van der Waals surface area contributed by atoms with E-state index >= 15 is 0 Å². The summed E-state index contributed by atoms with van der Waals surface area (Å²) in [4.78, 5) is 14.1. The number of amides is 1. The first-order valence-electron chi connectivity index (χ1n) is 7.80. The lowest BCUT2D eigenvalue weighted by Gasteiger charge is -2.23. The van der Waals surface area contributed by atoms with Crippen molar-refractivity contribution in [2.75, 3.05) is 26.7 Å². The highest BCUT2D eigenvalue weighted by Gasteiger charge is 2.15. The van der Waals surface area contributed by atoms with Crippen molar-refractivity contribution >= 4 is 5.91 Å². The SMILES string of the molecule is CC(C)N(C)CCCNCC(=O)NC1CCCCC1. The van der Waals surface area contributed by atoms with Crippen molar-refractivity contribution < 1.29 is 4.79 Å². The van der Waals surface area contributed by atoms with Gasteiger partial charge in [0.15, 0.2) is 0 Å². The molecule has 1 aliphatic rings. The van der Waals surface area contributed by atoms with Crippen LogP contribution >= 0.6 is 0 Å². The van der Waals surface area contributed by atoms with Crippen molar-refractivity contribution in [1.29, 1.82) is 0 Å². The number of nitrogens with zero attached hydrogens (tertiary/aromatic N) is 1. The van der Waals surface area contributed by atoms with Crippen LogP contribution in [0.1, 0.15) is 52.4 Å². The van der Waals surface area contributed by atoms with Crippen molar-refractivity contribution in [2.45, 2.75) is 64.5 Å². The van der Waals surface area contributed by atoms with Gasteiger partial charge in [0, 0.05) is 12.1 Å². The molecule has 0 aromatic carbocycles. The van der Waals surface area contributed by atoms with E-state index in [4.69, 9.17) is 0 Å². The van der Waals surface area contributed by atoms with Crippen LogP contribution < -0.4 is 10.6 Å². The molecule has 4 heteroatoms. The first-order valence-corrected chi connectivity index (χ1v) is 7.80. The Morgan fingerprint density at radius 1 is 1.26 bits per heavy atom. The molecule has 112 valence electrons. The Morgan fingerprint density at radius 2 is 1.95 bits per heavy atom. The maximum atomic E-state index is 11.7. The smallest absolute Gasteiger partial charge is 0.234 e. The van der Waals surface area contributed by atoms with Gasteiger partial charge in [-0.1, -0.05) is 19.3 Å². The largest absolute Gasteiger partial charge is 0.352 e. The summed E-state index contributed by atoms with van der Waals surface area (Å²) in [6.07, 6.45) is 7.26. The fourth-order valence-corrected chi connectivity index (χ4v) is 2.44. The standard InChI is InChI=1S/C15H31N3O/c1-13(2)18(3)11-7-10-16-12-15(19)17-14-8-5-4-6-9-14/h13-14,16H,4-12H2,1-3H3,(H,17,19). The maximum absolute atomic E-state index is 11.7. The monoisotopic (exact) mass is 269 g/mol. The van der Waals surface area contributed by atoms with Crippen LogP contribution in [0.15, 0.2) is 0 Å². The predicted octanol–water partition coefficient (Wildman–Crippen LogP) is 1.76. The number of carbonyl (C=O) groups excluding carboxylic acids is 1. The summed E-state index contributed by atoms with van der Waals surface area (Å²) in [5.74, 6) is 0.157. The van der Waals surface area contributed by atoms with E-state index in [2.05, 4.69) is 36.4 Å². The van der Waals surface area contributed by atoms with Crippen LogP contribution in [-0.2, 0) is 4.79 Å². The first-order chi connectivity index (χ1) is 9.09. The fourth-order valence-electron chi connectivity index (χ4n) is 2.44. The molecule has 0 saturated heterocycles. The average Bonchev–Trinajstić information content (AvgIpc) is 2.39. The third-order valence-electron chi connectivity index (χ3n) is 4.00. The predicted molar refractivity (Wildman–Crippen MR) is 80.3 cm³/mol. The van der Waals surface area contributed by atoms with Gasteiger partial charge in [0.05, 0.1) is 6.54 Å². The average molecular weight is 269 g/mol. The Kier molecular flexibility index (Phi) is 8.07. The zero-order chi connectivity index (χ0) is 14.1. The Bertz CT molecular complexity index is 250. The molecule has 1 rings (SSSR count). The quantitative estimate of drug-likeness (QED) is 0.660. The molecule has 1 fully saturated rings. The van der Waals surface area contributed by atoms with E-state index in [-0.39, 0.29) is 5.91 Å². The van der Waals surface area contributed by atoms with Crippen molar-refractivity contribution in [3.8, 4) is 0 Å². The molecule has 0 heterocycles. The van der Waals surface area contributed by atoms with Crippen molar-refractivity contribution in [3.05, 3.63) is 0 Å². The lowest BCUT2D eigenvalue weighted by Crippen LogP contribution is -2.41. The molecular weight excluding hydrogens is 238 g/mol. The number of nitrogens with one attached hydrogen (secondary N) is 2. The van der Waals surface area contributed by atoms with E-state index in [0.29, 0.717) is 18.6 Å². The maximum Gasteiger partial charge on any atom is 0.234 e. The van der Waals surface area contributed by atoms with Gasteiger partial charge >= 0.3 is 0 Å². The fraction of sp³-hybridized carbons (Fsp3) is 0.933. The number of hydrogen-bond donors (Lipinski definition) is 2. The first kappa shape index (κ1) is 16.4. The number of hydrogen-bond acceptors (Lipinski definition) is 3. The second-order valence-corrected chi connectivity index (χ2v) is 6.01. The Balaban J connectivity index is 1.98. The van der Waals surface area contributed by atoms with Crippen molar-refractivity contribution in [2.24, 2.45) is 0 Å². The molecular formula is C15H31N3O. The molecule has 1 saturated carbocycles. The van der Waals surface area contributed by atoms with E-state index in [1.807, 2.05) is 0 Å². The molecule has 0 aromatic rings. The highest BCUT2D eigenvalue weighted by molar-refractivity contribution is 5.78. The van der Waals surface area contributed by atoms with E-state index < -0.39 is 0 Å². The van der Waals surface area contributed by atoms with E-state index in [1.54, 1.807) is 0 Å². The van der Waals surface area contributed by atoms with Crippen LogP contribution in [0.25, 0.3) is 0 Å². The Labute approximate surface area is 118 Å². The highest BCUT2D eigenvalue weighted by atomic mass is 16.1. The summed E-state index contributed by atoms with van der Waals surface area (Å²) in [6, 6.07) is 1.02. The minimum atomic E-state index is 0.157. The second kappa shape index (κ2) is 9.32. The van der Waals surface area contributed by atoms with Gasteiger partial charge < -0.3 is 15.5 Å². The third kappa shape index (κ3) is 7.53. The summed E-state index contributed by atoms with van der Waals surface area (Å²) < 4.78 is 0. The normalized spacial score (nSPS) is 17.1. The lowest BCUT2D eigenvalue weighted by atomic mass is 9.95. The second-order valence-electron chi connectivity index (χ2n) is 6.01. The van der Waals surface area contributed by atoms with Gasteiger partial charge in [0.25, 0.3) is 0 Å². The van der Waals surface area contributed by atoms with Crippen LogP contribution in [0.3, 0.4) is 0 Å². The van der Waals surface area contributed by atoms with Crippen LogP contribution in [0.5, 0.6) is 0 Å². The van der Waals surface area contributed by atoms with E-state index in [9.17, 15) is 4.79 Å². The van der Waals surface area contributed by atoms with Gasteiger partial charge in [-0.2, -0.15) is 0 Å². The van der Waals surface area contributed by atoms with Gasteiger partial charge in [-0.05, 0) is 53.2 Å².